The molecule has 0 fully saturated rings. The smallest absolute Gasteiger partial charge is 0.338 e. The average Bonchev–Trinajstić information content (AvgIpc) is 2.90. The summed E-state index contributed by atoms with van der Waals surface area (Å²) in [5.41, 5.74) is 3.00. The highest BCUT2D eigenvalue weighted by Gasteiger charge is 2.23. The predicted molar refractivity (Wildman–Crippen MR) is 70.8 cm³/mol. The molecular formula is C14H16N2O3. The number of aromatic hydroxyl groups is 1. The number of hydrogen-bond donors (Lipinski definition) is 1. The second-order valence-corrected chi connectivity index (χ2v) is 4.39. The van der Waals surface area contributed by atoms with Crippen LogP contribution in [0.25, 0.3) is 5.69 Å². The molecule has 0 saturated heterocycles. The minimum atomic E-state index is -0.411. The van der Waals surface area contributed by atoms with Gasteiger partial charge in [0.2, 0.25) is 0 Å². The van der Waals surface area contributed by atoms with E-state index in [2.05, 4.69) is 5.10 Å². The molecule has 0 unspecified atom stereocenters. The van der Waals surface area contributed by atoms with Gasteiger partial charge in [-0.05, 0) is 43.5 Å². The first-order chi connectivity index (χ1) is 8.99. The van der Waals surface area contributed by atoms with Crippen molar-refractivity contribution in [3.63, 3.8) is 0 Å². The van der Waals surface area contributed by atoms with Crippen LogP contribution < -0.4 is 0 Å². The van der Waals surface area contributed by atoms with E-state index in [9.17, 15) is 9.90 Å². The van der Waals surface area contributed by atoms with Crippen molar-refractivity contribution < 1.29 is 14.6 Å². The first-order valence-corrected chi connectivity index (χ1v) is 5.90. The van der Waals surface area contributed by atoms with Crippen molar-refractivity contribution >= 4 is 5.97 Å². The Labute approximate surface area is 111 Å². The highest BCUT2D eigenvalue weighted by Crippen LogP contribution is 2.34. The highest BCUT2D eigenvalue weighted by molar-refractivity contribution is 5.95. The standard InChI is InChI=1S/C14H16N2O3/c1-8-9(2)13(17)12(16-7-5-6-15-16)10(3)11(8)14(18)19-4/h5-7,17H,1-4H3. The van der Waals surface area contributed by atoms with Gasteiger partial charge in [-0.2, -0.15) is 5.10 Å². The van der Waals surface area contributed by atoms with Gasteiger partial charge in [0.15, 0.2) is 0 Å². The lowest BCUT2D eigenvalue weighted by Gasteiger charge is -2.17. The normalized spacial score (nSPS) is 10.5. The van der Waals surface area contributed by atoms with Crippen molar-refractivity contribution in [1.29, 1.82) is 0 Å². The molecule has 0 atom stereocenters. The molecule has 1 aromatic heterocycles. The van der Waals surface area contributed by atoms with Crippen LogP contribution in [0, 0.1) is 20.8 Å². The molecule has 5 heteroatoms. The van der Waals surface area contributed by atoms with Crippen LogP contribution in [-0.2, 0) is 4.74 Å². The van der Waals surface area contributed by atoms with E-state index in [1.807, 2.05) is 0 Å². The van der Waals surface area contributed by atoms with E-state index in [1.54, 1.807) is 43.9 Å². The second kappa shape index (κ2) is 4.76. The van der Waals surface area contributed by atoms with Gasteiger partial charge in [-0.25, -0.2) is 9.48 Å². The molecule has 1 aromatic carbocycles. The third-order valence-electron chi connectivity index (χ3n) is 3.37. The summed E-state index contributed by atoms with van der Waals surface area (Å²) in [7, 11) is 1.34. The maximum Gasteiger partial charge on any atom is 0.338 e. The number of benzene rings is 1. The Morgan fingerprint density at radius 1 is 1.26 bits per heavy atom. The monoisotopic (exact) mass is 260 g/mol. The van der Waals surface area contributed by atoms with Crippen molar-refractivity contribution in [3.8, 4) is 11.4 Å². The molecule has 0 radical (unpaired) electrons. The number of esters is 1. The maximum absolute atomic E-state index is 11.9. The summed E-state index contributed by atoms with van der Waals surface area (Å²) >= 11 is 0. The molecular weight excluding hydrogens is 244 g/mol. The number of methoxy groups -OCH3 is 1. The van der Waals surface area contributed by atoms with Crippen LogP contribution in [0.2, 0.25) is 0 Å². The van der Waals surface area contributed by atoms with Crippen LogP contribution >= 0.6 is 0 Å². The third-order valence-corrected chi connectivity index (χ3v) is 3.37. The minimum Gasteiger partial charge on any atom is -0.505 e. The van der Waals surface area contributed by atoms with E-state index >= 15 is 0 Å². The number of phenols is 1. The van der Waals surface area contributed by atoms with Gasteiger partial charge in [0.1, 0.15) is 11.4 Å². The van der Waals surface area contributed by atoms with Crippen molar-refractivity contribution in [2.45, 2.75) is 20.8 Å². The molecule has 0 spiro atoms. The van der Waals surface area contributed by atoms with E-state index in [-0.39, 0.29) is 5.75 Å². The SMILES string of the molecule is COC(=O)c1c(C)c(C)c(O)c(-n2cccn2)c1C. The zero-order valence-electron chi connectivity index (χ0n) is 11.4. The molecule has 0 aliphatic carbocycles. The molecule has 19 heavy (non-hydrogen) atoms. The Morgan fingerprint density at radius 3 is 2.47 bits per heavy atom. The molecule has 1 N–H and O–H groups in total. The molecule has 100 valence electrons. The first-order valence-electron chi connectivity index (χ1n) is 5.90. The number of hydrogen-bond acceptors (Lipinski definition) is 4. The Hall–Kier alpha value is -2.30. The van der Waals surface area contributed by atoms with E-state index < -0.39 is 5.97 Å². The fourth-order valence-electron chi connectivity index (χ4n) is 2.21. The van der Waals surface area contributed by atoms with Gasteiger partial charge in [-0.1, -0.05) is 0 Å². The summed E-state index contributed by atoms with van der Waals surface area (Å²) in [5, 5.41) is 14.4. The number of nitrogens with zero attached hydrogens (tertiary/aromatic N) is 2. The molecule has 0 amide bonds. The summed E-state index contributed by atoms with van der Waals surface area (Å²) in [6.07, 6.45) is 3.34. The van der Waals surface area contributed by atoms with Crippen LogP contribution in [-0.4, -0.2) is 28.0 Å². The van der Waals surface area contributed by atoms with Gasteiger partial charge in [0.25, 0.3) is 0 Å². The van der Waals surface area contributed by atoms with Crippen LogP contribution in [0.1, 0.15) is 27.0 Å². The van der Waals surface area contributed by atoms with Gasteiger partial charge in [0, 0.05) is 12.4 Å². The number of carbonyl (C=O) groups excluding carboxylic acids is 1. The molecule has 0 aliphatic heterocycles. The van der Waals surface area contributed by atoms with E-state index in [0.717, 1.165) is 5.56 Å². The topological polar surface area (TPSA) is 64.3 Å². The summed E-state index contributed by atoms with van der Waals surface area (Å²) < 4.78 is 6.36. The van der Waals surface area contributed by atoms with Crippen LogP contribution in [0.4, 0.5) is 0 Å². The molecule has 0 bridgehead atoms. The lowest BCUT2D eigenvalue weighted by Crippen LogP contribution is -2.12. The van der Waals surface area contributed by atoms with Gasteiger partial charge in [0.05, 0.1) is 12.7 Å². The van der Waals surface area contributed by atoms with Crippen LogP contribution in [0.15, 0.2) is 18.5 Å². The summed E-state index contributed by atoms with van der Waals surface area (Å²) in [4.78, 5) is 11.9. The zero-order chi connectivity index (χ0) is 14.2. The zero-order valence-corrected chi connectivity index (χ0v) is 11.4. The van der Waals surface area contributed by atoms with Crippen molar-refractivity contribution in [1.82, 2.24) is 9.78 Å². The summed E-state index contributed by atoms with van der Waals surface area (Å²) in [5.74, 6) is -0.280. The van der Waals surface area contributed by atoms with Crippen molar-refractivity contribution in [2.24, 2.45) is 0 Å². The van der Waals surface area contributed by atoms with Gasteiger partial charge in [-0.15, -0.1) is 0 Å². The molecule has 0 aliphatic rings. The number of ether oxygens (including phenoxy) is 1. The number of rotatable bonds is 2. The molecule has 5 nitrogen and oxygen atoms in total. The second-order valence-electron chi connectivity index (χ2n) is 4.39. The lowest BCUT2D eigenvalue weighted by molar-refractivity contribution is 0.0599. The minimum absolute atomic E-state index is 0.131. The Kier molecular flexibility index (Phi) is 3.29. The third kappa shape index (κ3) is 1.97. The molecule has 1 heterocycles. The van der Waals surface area contributed by atoms with Crippen molar-refractivity contribution in [3.05, 3.63) is 40.7 Å². The Bertz CT molecular complexity index is 631. The molecule has 2 aromatic rings. The molecule has 2 rings (SSSR count). The van der Waals surface area contributed by atoms with Gasteiger partial charge >= 0.3 is 5.97 Å². The summed E-state index contributed by atoms with van der Waals surface area (Å²) in [6, 6.07) is 1.76. The maximum atomic E-state index is 11.9. The predicted octanol–water partition coefficient (Wildman–Crippen LogP) is 2.29. The van der Waals surface area contributed by atoms with Crippen LogP contribution in [0.5, 0.6) is 5.75 Å². The fourth-order valence-corrected chi connectivity index (χ4v) is 2.21. The van der Waals surface area contributed by atoms with Gasteiger partial charge < -0.3 is 9.84 Å². The Morgan fingerprint density at radius 2 is 1.95 bits per heavy atom. The quantitative estimate of drug-likeness (QED) is 0.841. The summed E-state index contributed by atoms with van der Waals surface area (Å²) in [6.45, 7) is 5.33. The van der Waals surface area contributed by atoms with E-state index in [1.165, 1.54) is 7.11 Å². The van der Waals surface area contributed by atoms with Gasteiger partial charge in [-0.3, -0.25) is 0 Å². The number of aromatic nitrogens is 2. The van der Waals surface area contributed by atoms with E-state index in [0.29, 0.717) is 22.4 Å². The van der Waals surface area contributed by atoms with E-state index in [4.69, 9.17) is 4.74 Å². The highest BCUT2D eigenvalue weighted by atomic mass is 16.5. The largest absolute Gasteiger partial charge is 0.505 e. The number of phenolic OH excluding ortho intramolecular Hbond substituents is 1. The Balaban J connectivity index is 2.82. The van der Waals surface area contributed by atoms with Crippen molar-refractivity contribution in [2.75, 3.05) is 7.11 Å². The van der Waals surface area contributed by atoms with Crippen LogP contribution in [0.3, 0.4) is 0 Å². The average molecular weight is 260 g/mol. The number of carbonyl (C=O) groups is 1. The fraction of sp³-hybridized carbons (Fsp3) is 0.286. The first kappa shape index (κ1) is 13.1. The molecule has 0 saturated carbocycles. The lowest BCUT2D eigenvalue weighted by atomic mass is 9.95.